The summed E-state index contributed by atoms with van der Waals surface area (Å²) in [5.41, 5.74) is -5.82. The van der Waals surface area contributed by atoms with Gasteiger partial charge in [0.2, 0.25) is 11.6 Å². The molecule has 1 aliphatic carbocycles. The van der Waals surface area contributed by atoms with E-state index in [1.807, 2.05) is 26.0 Å². The maximum absolute atomic E-state index is 15.5. The highest BCUT2D eigenvalue weighted by Crippen LogP contribution is 2.42. The zero-order valence-corrected chi connectivity index (χ0v) is 38.2. The van der Waals surface area contributed by atoms with E-state index in [4.69, 9.17) is 18.9 Å². The second-order valence-electron chi connectivity index (χ2n) is 16.9. The highest BCUT2D eigenvalue weighted by atomic mass is 19.4. The number of rotatable bonds is 20. The number of aryl methyl sites for hydroxylation is 3. The van der Waals surface area contributed by atoms with Crippen molar-refractivity contribution in [1.29, 1.82) is 0 Å². The molecule has 0 N–H and O–H groups in total. The highest BCUT2D eigenvalue weighted by molar-refractivity contribution is 5.69. The molecule has 0 saturated carbocycles. The first kappa shape index (κ1) is 52.5. The number of halogens is 12. The summed E-state index contributed by atoms with van der Waals surface area (Å²) in [6.45, 7) is 7.80. The molecule has 4 nitrogen and oxygen atoms in total. The summed E-state index contributed by atoms with van der Waals surface area (Å²) in [6, 6.07) is 14.9. The Hall–Kier alpha value is -5.90. The third-order valence-electron chi connectivity index (χ3n) is 11.9. The van der Waals surface area contributed by atoms with Crippen LogP contribution in [-0.2, 0) is 36.4 Å². The summed E-state index contributed by atoms with van der Waals surface area (Å²) in [7, 11) is 0. The van der Waals surface area contributed by atoms with Crippen LogP contribution >= 0.6 is 0 Å². The van der Waals surface area contributed by atoms with Crippen LogP contribution in [0.4, 0.5) is 52.7 Å². The summed E-state index contributed by atoms with van der Waals surface area (Å²) >= 11 is 0. The van der Waals surface area contributed by atoms with Crippen LogP contribution in [0.15, 0.2) is 96.6 Å². The Morgan fingerprint density at radius 3 is 1.46 bits per heavy atom. The average Bonchev–Trinajstić information content (AvgIpc) is 3.29. The van der Waals surface area contributed by atoms with Gasteiger partial charge in [-0.25, -0.2) is 17.6 Å². The van der Waals surface area contributed by atoms with Gasteiger partial charge in [-0.1, -0.05) is 67.1 Å². The fraction of sp³-hybridized carbons (Fsp3) is 0.358. The Kier molecular flexibility index (Phi) is 16.9. The van der Waals surface area contributed by atoms with E-state index >= 15 is 8.78 Å². The lowest BCUT2D eigenvalue weighted by Gasteiger charge is -2.29. The van der Waals surface area contributed by atoms with Gasteiger partial charge in [-0.3, -0.25) is 0 Å². The lowest BCUT2D eigenvalue weighted by molar-refractivity contribution is -0.141. The minimum atomic E-state index is -5.11. The summed E-state index contributed by atoms with van der Waals surface area (Å²) in [5, 5.41) is 0. The summed E-state index contributed by atoms with van der Waals surface area (Å²) < 4.78 is 197. The van der Waals surface area contributed by atoms with Crippen molar-refractivity contribution in [1.82, 2.24) is 0 Å². The molecule has 0 saturated heterocycles. The molecule has 2 atom stereocenters. The van der Waals surface area contributed by atoms with Gasteiger partial charge in [0.15, 0.2) is 23.1 Å². The first-order chi connectivity index (χ1) is 32.7. The minimum Gasteiger partial charge on any atom is -0.494 e. The van der Waals surface area contributed by atoms with Crippen molar-refractivity contribution in [3.63, 3.8) is 0 Å². The smallest absolute Gasteiger partial charge is 0.419 e. The molecule has 0 amide bonds. The monoisotopic (exact) mass is 978 g/mol. The molecule has 0 spiro atoms. The van der Waals surface area contributed by atoms with Crippen LogP contribution in [0, 0.1) is 40.8 Å². The van der Waals surface area contributed by atoms with Crippen molar-refractivity contribution < 1.29 is 71.6 Å². The minimum absolute atomic E-state index is 0.0168. The van der Waals surface area contributed by atoms with E-state index < -0.39 is 97.7 Å². The van der Waals surface area contributed by atoms with Gasteiger partial charge in [0, 0.05) is 28.9 Å². The van der Waals surface area contributed by atoms with E-state index in [1.165, 1.54) is 0 Å². The molecule has 5 aromatic rings. The number of ether oxygens (including phenoxy) is 4. The van der Waals surface area contributed by atoms with E-state index in [0.717, 1.165) is 54.1 Å². The van der Waals surface area contributed by atoms with Crippen LogP contribution in [0.25, 0.3) is 22.3 Å². The quantitative estimate of drug-likeness (QED) is 0.0728. The van der Waals surface area contributed by atoms with Crippen LogP contribution in [0.1, 0.15) is 81.2 Å². The van der Waals surface area contributed by atoms with E-state index in [2.05, 4.69) is 0 Å². The Balaban J connectivity index is 0.951. The molecule has 0 heterocycles. The molecule has 1 aliphatic rings. The number of benzene rings is 5. The predicted octanol–water partition coefficient (Wildman–Crippen LogP) is 15.6. The van der Waals surface area contributed by atoms with Crippen molar-refractivity contribution in [2.75, 3.05) is 26.4 Å². The second-order valence-corrected chi connectivity index (χ2v) is 16.9. The fourth-order valence-corrected chi connectivity index (χ4v) is 8.06. The topological polar surface area (TPSA) is 36.9 Å². The predicted molar refractivity (Wildman–Crippen MR) is 238 cm³/mol. The molecular formula is C53H50F12O4. The molecule has 69 heavy (non-hydrogen) atoms. The van der Waals surface area contributed by atoms with Crippen LogP contribution < -0.4 is 14.2 Å². The van der Waals surface area contributed by atoms with Crippen LogP contribution in [0.5, 0.6) is 17.2 Å². The van der Waals surface area contributed by atoms with Crippen molar-refractivity contribution >= 4 is 0 Å². The van der Waals surface area contributed by atoms with Crippen molar-refractivity contribution in [3.05, 3.63) is 159 Å². The largest absolute Gasteiger partial charge is 0.494 e. The van der Waals surface area contributed by atoms with Crippen LogP contribution in [0.2, 0.25) is 0 Å². The normalized spacial score (nSPS) is 15.6. The lowest BCUT2D eigenvalue weighted by Crippen LogP contribution is -2.28. The van der Waals surface area contributed by atoms with E-state index in [1.54, 1.807) is 44.2 Å². The van der Waals surface area contributed by atoms with Crippen molar-refractivity contribution in [2.45, 2.75) is 90.6 Å². The number of hydrogen-bond donors (Lipinski definition) is 0. The Morgan fingerprint density at radius 2 is 1.00 bits per heavy atom. The number of allylic oxidation sites excluding steroid dienone is 2. The molecule has 0 radical (unpaired) electrons. The van der Waals surface area contributed by atoms with Gasteiger partial charge in [-0.05, 0) is 125 Å². The van der Waals surface area contributed by atoms with Gasteiger partial charge in [0.05, 0.1) is 36.5 Å². The molecule has 16 heteroatoms. The molecule has 0 fully saturated rings. The summed E-state index contributed by atoms with van der Waals surface area (Å²) in [4.78, 5) is 0. The zero-order valence-electron chi connectivity index (χ0n) is 38.2. The van der Waals surface area contributed by atoms with E-state index in [-0.39, 0.29) is 55.9 Å². The Labute approximate surface area is 392 Å². The molecule has 370 valence electrons. The molecule has 0 bridgehead atoms. The molecule has 0 aliphatic heterocycles. The fourth-order valence-electron chi connectivity index (χ4n) is 8.06. The first-order valence-electron chi connectivity index (χ1n) is 22.4. The molecule has 2 unspecified atom stereocenters. The molecule has 0 aromatic heterocycles. The summed E-state index contributed by atoms with van der Waals surface area (Å²) in [5.74, 6) is -9.46. The highest BCUT2D eigenvalue weighted by Gasteiger charge is 2.40. The van der Waals surface area contributed by atoms with Gasteiger partial charge >= 0.3 is 12.4 Å². The molecular weight excluding hydrogens is 929 g/mol. The standard InChI is InChI=1S/C53H50F12O4/c1-5-66-41-21-19-39(47(56)49(41)58)37-17-13-34(43(45(37)54)52(60,61)62)11-7-32-9-15-36(16-10-32)68-29-25-31(3)26-30-69-51(4)27-23-33(24-28-51)8-12-35-14-18-38(46(55)44(35)53(63,64)65)40-20-22-42(67-6-2)50(59)48(40)57/h9-10,13-24,27,31H,5-8,11-12,25-26,28-30H2,1-4H3. The Morgan fingerprint density at radius 1 is 0.536 bits per heavy atom. The summed E-state index contributed by atoms with van der Waals surface area (Å²) in [6.07, 6.45) is -3.06. The number of hydrogen-bond acceptors (Lipinski definition) is 4. The van der Waals surface area contributed by atoms with E-state index in [0.29, 0.717) is 43.8 Å². The van der Waals surface area contributed by atoms with Gasteiger partial charge in [0.25, 0.3) is 0 Å². The lowest BCUT2D eigenvalue weighted by atomic mass is 9.89. The first-order valence-corrected chi connectivity index (χ1v) is 22.4. The Bertz CT molecular complexity index is 2650. The number of alkyl halides is 6. The van der Waals surface area contributed by atoms with E-state index in [9.17, 15) is 43.9 Å². The molecule has 5 aromatic carbocycles. The second kappa shape index (κ2) is 22.2. The van der Waals surface area contributed by atoms with Gasteiger partial charge < -0.3 is 18.9 Å². The maximum Gasteiger partial charge on any atom is 0.419 e. The van der Waals surface area contributed by atoms with Gasteiger partial charge in [-0.2, -0.15) is 35.1 Å². The van der Waals surface area contributed by atoms with Crippen LogP contribution in [-0.4, -0.2) is 32.0 Å². The average molecular weight is 979 g/mol. The van der Waals surface area contributed by atoms with Gasteiger partial charge in [-0.15, -0.1) is 0 Å². The van der Waals surface area contributed by atoms with Gasteiger partial charge in [0.1, 0.15) is 17.4 Å². The molecule has 6 rings (SSSR count). The maximum atomic E-state index is 15.5. The van der Waals surface area contributed by atoms with Crippen LogP contribution in [0.3, 0.4) is 0 Å². The third kappa shape index (κ3) is 12.7. The third-order valence-corrected chi connectivity index (χ3v) is 11.9. The SMILES string of the molecule is CCOc1ccc(-c2ccc(CCC3=CCC(C)(OCCC(C)CCOc4ccc(CCc5ccc(-c6ccc(OCC)c(F)c6F)c(F)c5C(F)(F)F)cc4)C=C3)c(C(F)(F)F)c2F)c(F)c1F. The van der Waals surface area contributed by atoms with Crippen molar-refractivity contribution in [3.8, 4) is 39.5 Å². The van der Waals surface area contributed by atoms with Crippen molar-refractivity contribution in [2.24, 2.45) is 5.92 Å². The zero-order chi connectivity index (χ0) is 50.3.